The van der Waals surface area contributed by atoms with Gasteiger partial charge in [0.05, 0.1) is 58.6 Å². The van der Waals surface area contributed by atoms with Gasteiger partial charge in [0.1, 0.15) is 0 Å². The van der Waals surface area contributed by atoms with Crippen molar-refractivity contribution in [3.8, 4) is 28.4 Å². The number of piperidine rings is 8. The number of hydrogen-bond donors (Lipinski definition) is 4. The van der Waals surface area contributed by atoms with Crippen molar-refractivity contribution in [3.63, 3.8) is 0 Å². The van der Waals surface area contributed by atoms with E-state index in [1.165, 1.54) is 220 Å². The monoisotopic (exact) mass is 2060 g/mol. The summed E-state index contributed by atoms with van der Waals surface area (Å²) in [5, 5.41) is 24.1. The summed E-state index contributed by atoms with van der Waals surface area (Å²) in [4.78, 5) is 64.2. The van der Waals surface area contributed by atoms with E-state index >= 15 is 0 Å². The molecule has 28 heteroatoms. The first-order valence-corrected chi connectivity index (χ1v) is 55.6. The van der Waals surface area contributed by atoms with E-state index in [2.05, 4.69) is 198 Å². The highest BCUT2D eigenvalue weighted by molar-refractivity contribution is 6.32. The number of pyridine rings is 5. The number of hydrogen-bond acceptors (Lipinski definition) is 15. The molecule has 23 nitrogen and oxygen atoms in total. The van der Waals surface area contributed by atoms with Crippen LogP contribution in [0.25, 0.3) is 83.0 Å². The zero-order valence-corrected chi connectivity index (χ0v) is 87.9. The number of urea groups is 1. The largest absolute Gasteiger partial charge is 0.343 e. The number of rotatable bonds is 16. The van der Waals surface area contributed by atoms with Gasteiger partial charge in [0.15, 0.2) is 0 Å². The average molecular weight is 2060 g/mol. The van der Waals surface area contributed by atoms with Crippen molar-refractivity contribution in [2.24, 2.45) is 11.8 Å². The smallest absolute Gasteiger partial charge is 0.320 e. The number of likely N-dealkylation sites (tertiary alicyclic amines) is 5. The summed E-state index contributed by atoms with van der Waals surface area (Å²) in [6.45, 7) is 24.6. The van der Waals surface area contributed by atoms with Crippen LogP contribution in [0.2, 0.25) is 25.1 Å². The van der Waals surface area contributed by atoms with Crippen molar-refractivity contribution in [1.29, 1.82) is 0 Å². The van der Waals surface area contributed by atoms with Crippen LogP contribution in [0.3, 0.4) is 0 Å². The van der Waals surface area contributed by atoms with Gasteiger partial charge in [0.2, 0.25) is 5.91 Å². The summed E-state index contributed by atoms with van der Waals surface area (Å²) in [6.07, 6.45) is 51.8. The summed E-state index contributed by atoms with van der Waals surface area (Å²) in [5.41, 5.74) is 18.5. The minimum atomic E-state index is 0.208. The Labute approximate surface area is 883 Å². The third-order valence-electron chi connectivity index (χ3n) is 33.2. The van der Waals surface area contributed by atoms with Crippen LogP contribution in [0, 0.1) is 11.8 Å². The van der Waals surface area contributed by atoms with Crippen LogP contribution in [0.15, 0.2) is 245 Å². The highest BCUT2D eigenvalue weighted by Crippen LogP contribution is 2.44. The summed E-state index contributed by atoms with van der Waals surface area (Å²) in [7, 11) is 2.11. The van der Waals surface area contributed by atoms with Crippen molar-refractivity contribution in [3.05, 3.63) is 298 Å². The lowest BCUT2D eigenvalue weighted by molar-refractivity contribution is -0.133. The van der Waals surface area contributed by atoms with Crippen LogP contribution in [0.4, 0.5) is 4.79 Å². The molecule has 0 radical (unpaired) electrons. The molecule has 0 saturated carbocycles. The van der Waals surface area contributed by atoms with E-state index in [0.717, 1.165) is 193 Å². The van der Waals surface area contributed by atoms with Crippen LogP contribution >= 0.6 is 58.0 Å². The number of aromatic nitrogens is 10. The van der Waals surface area contributed by atoms with Crippen LogP contribution in [-0.4, -0.2) is 264 Å². The Bertz CT molecular complexity index is 6810. The van der Waals surface area contributed by atoms with E-state index in [0.29, 0.717) is 47.8 Å². The van der Waals surface area contributed by atoms with Crippen LogP contribution in [0.1, 0.15) is 173 Å². The number of amides is 3. The van der Waals surface area contributed by atoms with E-state index in [4.69, 9.17) is 58.0 Å². The van der Waals surface area contributed by atoms with E-state index in [-0.39, 0.29) is 6.03 Å². The van der Waals surface area contributed by atoms with Crippen LogP contribution in [0.5, 0.6) is 0 Å². The summed E-state index contributed by atoms with van der Waals surface area (Å²) < 4.78 is 11.2. The van der Waals surface area contributed by atoms with Crippen molar-refractivity contribution in [2.45, 2.75) is 157 Å². The predicted octanol–water partition coefficient (Wildman–Crippen LogP) is 22.7. The zero-order valence-electron chi connectivity index (χ0n) is 84.1. The van der Waals surface area contributed by atoms with Gasteiger partial charge in [-0.2, -0.15) is 0 Å². The van der Waals surface area contributed by atoms with E-state index < -0.39 is 0 Å². The van der Waals surface area contributed by atoms with Crippen molar-refractivity contribution < 1.29 is 9.59 Å². The van der Waals surface area contributed by atoms with Gasteiger partial charge in [-0.1, -0.05) is 58.0 Å². The Kier molecular flexibility index (Phi) is 33.3. The number of halogens is 5. The third-order valence-corrected chi connectivity index (χ3v) is 34.5. The van der Waals surface area contributed by atoms with Gasteiger partial charge in [0, 0.05) is 226 Å². The molecule has 762 valence electrons. The highest BCUT2D eigenvalue weighted by atomic mass is 35.5. The SMILES string of the molecule is CN1CCN(C(=O)N2CCC(c3cn(-c4ccc(Cl)cc4)c4cnccc34)CC2)CC1.Clc1ccc(-n2cc(C3CCN(C4CCNC4)CC3)c3ccncc32)cc1.Clc1ccc(-n2cc(C3CCN(C4CCNCC4)CC3)c3ccncc32)cc1.Clc1ccc(-n2cc(C3CCN(CC4CCNCC4)CC3)c3ccncc32)cc1.O=C(CC1CCNCC1)N1CCC(c2cn(-c3ccc(Cl)cc3)c3cnccc23)CC1. The quantitative estimate of drug-likeness (QED) is 0.0713. The fourth-order valence-electron chi connectivity index (χ4n) is 24.8. The molecule has 1 atom stereocenters. The number of nitrogens with zero attached hydrogens (tertiary/aromatic N) is 17. The first-order chi connectivity index (χ1) is 71.6. The van der Waals surface area contributed by atoms with Gasteiger partial charge in [-0.05, 0) is 422 Å². The molecule has 5 aromatic carbocycles. The van der Waals surface area contributed by atoms with E-state index in [1.54, 1.807) is 0 Å². The standard InChI is InChI=1S/C25H29ClN4O.C24H28ClN5O.C24H29ClN4.C23H27ClN4.C22H25ClN4/c26-20-1-3-21(4-2-20)30-17-23(22-7-12-28-16-24(22)30)19-8-13-29(14-9-19)25(31)15-18-5-10-27-11-6-18;1-27-12-14-29(15-13-27)24(31)28-10-7-18(8-11-28)22-17-30(20-4-2-19(25)3-5-20)23-16-26-9-6-21(22)23;25-20-1-3-21(4-2-20)29-17-23(22-7-12-27-15-24(22)29)19-8-13-28(14-9-19)16-18-5-10-26-11-6-18;24-18-1-3-20(4-2-18)28-16-22(21-7-12-26-15-23(21)28)17-8-13-27(14-9-17)19-5-10-25-11-6-19;23-17-1-3-18(4-2-17)27-15-21(20-6-10-25-14-22(20)27)16-7-11-26(12-8-16)19-5-9-24-13-19/h1-4,7,12,16-19,27H,5-6,8-11,13-15H2;2-6,9,16-18H,7-8,10-15H2,1H3;1-4,7,12,15,17-19,26H,5-6,8-11,13-14,16H2;1-4,7,12,15-17,19,25H,5-6,8-11,13-14H2;1-4,6,10,14-16,19,24H,5,7-9,11-13H2. The number of fused-ring (bicyclic) bond motifs is 5. The minimum Gasteiger partial charge on any atom is -0.343 e. The molecule has 10 fully saturated rings. The molecule has 10 aliphatic rings. The molecular formula is C118H138Cl5N21O2. The Hall–Kier alpha value is -10.6. The van der Waals surface area contributed by atoms with Gasteiger partial charge >= 0.3 is 6.03 Å². The Balaban J connectivity index is 0.000000107. The number of carbonyl (C=O) groups excluding carboxylic acids is 2. The van der Waals surface area contributed by atoms with Crippen LogP contribution < -0.4 is 21.3 Å². The number of nitrogens with one attached hydrogen (secondary N) is 4. The number of piperazine rings is 1. The number of carbonyl (C=O) groups is 2. The van der Waals surface area contributed by atoms with Crippen molar-refractivity contribution >= 4 is 124 Å². The Morgan fingerprint density at radius 2 is 0.555 bits per heavy atom. The third kappa shape index (κ3) is 23.8. The molecule has 0 spiro atoms. The van der Waals surface area contributed by atoms with Crippen molar-refractivity contribution in [1.82, 2.24) is 103 Å². The van der Waals surface area contributed by atoms with Gasteiger partial charge in [0.25, 0.3) is 0 Å². The molecule has 20 heterocycles. The second-order valence-corrected chi connectivity index (χ2v) is 44.2. The maximum Gasteiger partial charge on any atom is 0.320 e. The molecule has 0 bridgehead atoms. The Morgan fingerprint density at radius 3 is 0.870 bits per heavy atom. The molecule has 146 heavy (non-hydrogen) atoms. The summed E-state index contributed by atoms with van der Waals surface area (Å²) in [5.74, 6) is 4.54. The maximum absolute atomic E-state index is 12.9. The second kappa shape index (κ2) is 47.9. The first kappa shape index (κ1) is 101. The molecule has 3 amide bonds. The lowest BCUT2D eigenvalue weighted by atomic mass is 9.88. The zero-order chi connectivity index (χ0) is 99.4. The second-order valence-electron chi connectivity index (χ2n) is 42.0. The van der Waals surface area contributed by atoms with Crippen LogP contribution in [-0.2, 0) is 4.79 Å². The Morgan fingerprint density at radius 1 is 0.288 bits per heavy atom. The molecule has 1 unspecified atom stereocenters. The molecule has 10 aromatic heterocycles. The summed E-state index contributed by atoms with van der Waals surface area (Å²) >= 11 is 30.4. The fourth-order valence-corrected chi connectivity index (χ4v) is 25.4. The number of benzene rings is 5. The lowest BCUT2D eigenvalue weighted by Gasteiger charge is -2.39. The van der Waals surface area contributed by atoms with Crippen molar-refractivity contribution in [2.75, 3.05) is 158 Å². The molecule has 0 aliphatic carbocycles. The molecule has 4 N–H and O–H groups in total. The molecule has 10 saturated heterocycles. The van der Waals surface area contributed by atoms with Gasteiger partial charge in [-0.15, -0.1) is 0 Å². The van der Waals surface area contributed by atoms with Gasteiger partial charge < -0.3 is 73.5 Å². The topological polar surface area (TPSA) is 194 Å². The molecule has 25 rings (SSSR count). The normalized spacial score (nSPS) is 19.7. The van der Waals surface area contributed by atoms with E-state index in [1.807, 2.05) is 157 Å². The highest BCUT2D eigenvalue weighted by Gasteiger charge is 2.36. The molecule has 10 aliphatic heterocycles. The summed E-state index contributed by atoms with van der Waals surface area (Å²) in [6, 6.07) is 52.5. The van der Waals surface area contributed by atoms with Gasteiger partial charge in [-0.25, -0.2) is 4.79 Å². The molecule has 15 aromatic rings. The molecular weight excluding hydrogens is 1920 g/mol. The minimum absolute atomic E-state index is 0.208. The average Bonchev–Trinajstić information content (AvgIpc) is 1.64. The van der Waals surface area contributed by atoms with Gasteiger partial charge in [-0.3, -0.25) is 34.6 Å². The van der Waals surface area contributed by atoms with E-state index in [9.17, 15) is 9.59 Å². The fraction of sp³-hybridized carbons (Fsp3) is 0.432. The lowest BCUT2D eigenvalue weighted by Crippen LogP contribution is -2.53. The maximum atomic E-state index is 12.9. The number of likely N-dealkylation sites (N-methyl/N-ethyl adjacent to an activating group) is 1. The predicted molar refractivity (Wildman–Crippen MR) is 595 cm³/mol. The first-order valence-electron chi connectivity index (χ1n) is 53.7.